The largest absolute Gasteiger partial charge is 0.487 e. The minimum Gasteiger partial charge on any atom is -0.487 e. The van der Waals surface area contributed by atoms with Crippen molar-refractivity contribution in [3.05, 3.63) is 29.3 Å². The van der Waals surface area contributed by atoms with Crippen LogP contribution in [0.2, 0.25) is 0 Å². The van der Waals surface area contributed by atoms with E-state index in [0.717, 1.165) is 18.6 Å². The smallest absolute Gasteiger partial charge is 0.128 e. The van der Waals surface area contributed by atoms with Crippen LogP contribution in [0.15, 0.2) is 18.2 Å². The van der Waals surface area contributed by atoms with Gasteiger partial charge in [0.15, 0.2) is 0 Å². The van der Waals surface area contributed by atoms with E-state index in [-0.39, 0.29) is 23.7 Å². The molecule has 1 fully saturated rings. The first-order chi connectivity index (χ1) is 9.36. The van der Waals surface area contributed by atoms with Crippen molar-refractivity contribution in [2.75, 3.05) is 7.11 Å². The Morgan fingerprint density at radius 1 is 1.30 bits per heavy atom. The van der Waals surface area contributed by atoms with Gasteiger partial charge in [0.1, 0.15) is 18.0 Å². The predicted molar refractivity (Wildman–Crippen MR) is 82.3 cm³/mol. The molecule has 1 aliphatic carbocycles. The number of hydrogen-bond donors (Lipinski definition) is 1. The van der Waals surface area contributed by atoms with Crippen LogP contribution in [0.25, 0.3) is 0 Å². The molecule has 0 aliphatic heterocycles. The zero-order chi connectivity index (χ0) is 14.9. The summed E-state index contributed by atoms with van der Waals surface area (Å²) < 4.78 is 11.6. The van der Waals surface area contributed by atoms with Gasteiger partial charge >= 0.3 is 0 Å². The van der Waals surface area contributed by atoms with Crippen LogP contribution in [0.1, 0.15) is 45.2 Å². The molecule has 0 radical (unpaired) electrons. The van der Waals surface area contributed by atoms with E-state index in [0.29, 0.717) is 0 Å². The summed E-state index contributed by atoms with van der Waals surface area (Å²) in [6.07, 6.45) is 1.98. The van der Waals surface area contributed by atoms with Crippen molar-refractivity contribution >= 4 is 0 Å². The summed E-state index contributed by atoms with van der Waals surface area (Å²) in [7, 11) is 1.70. The summed E-state index contributed by atoms with van der Waals surface area (Å²) in [6, 6.07) is 6.59. The highest BCUT2D eigenvalue weighted by molar-refractivity contribution is 5.42. The Labute approximate surface area is 122 Å². The second kappa shape index (κ2) is 5.74. The summed E-state index contributed by atoms with van der Waals surface area (Å²) in [5.74, 6) is 0.966. The van der Waals surface area contributed by atoms with Crippen LogP contribution in [0.5, 0.6) is 5.75 Å². The Bertz CT molecular complexity index is 465. The summed E-state index contributed by atoms with van der Waals surface area (Å²) >= 11 is 0. The van der Waals surface area contributed by atoms with Crippen LogP contribution in [0, 0.1) is 0 Å². The quantitative estimate of drug-likeness (QED) is 0.920. The summed E-state index contributed by atoms with van der Waals surface area (Å²) in [6.45, 7) is 8.83. The molecule has 3 nitrogen and oxygen atoms in total. The second-order valence-corrected chi connectivity index (χ2v) is 6.69. The molecule has 3 heteroatoms. The standard InChI is InChI=1S/C17H27NO2/c1-6-11-7-8-14(12(9-11)17(2,3)4)20-15-10-13(18)16(15)19-5/h7-9,13,15-16H,6,10,18H2,1-5H3. The SMILES string of the molecule is CCc1ccc(OC2CC(N)C2OC)c(C(C)(C)C)c1. The number of hydrogen-bond acceptors (Lipinski definition) is 3. The number of benzene rings is 1. The molecule has 0 bridgehead atoms. The first-order valence-electron chi connectivity index (χ1n) is 7.45. The highest BCUT2D eigenvalue weighted by Gasteiger charge is 2.41. The molecule has 1 aromatic carbocycles. The molecule has 2 N–H and O–H groups in total. The minimum atomic E-state index is 0.00803. The highest BCUT2D eigenvalue weighted by Crippen LogP contribution is 2.35. The first-order valence-corrected chi connectivity index (χ1v) is 7.45. The molecule has 1 aliphatic rings. The van der Waals surface area contributed by atoms with Crippen molar-refractivity contribution in [3.63, 3.8) is 0 Å². The number of methoxy groups -OCH3 is 1. The predicted octanol–water partition coefficient (Wildman–Crippen LogP) is 3.04. The van der Waals surface area contributed by atoms with Crippen LogP contribution in [-0.2, 0) is 16.6 Å². The van der Waals surface area contributed by atoms with Gasteiger partial charge in [-0.2, -0.15) is 0 Å². The molecular weight excluding hydrogens is 250 g/mol. The molecule has 0 aromatic heterocycles. The maximum absolute atomic E-state index is 6.18. The van der Waals surface area contributed by atoms with Gasteiger partial charge in [-0.3, -0.25) is 0 Å². The van der Waals surface area contributed by atoms with Gasteiger partial charge in [-0.15, -0.1) is 0 Å². The Morgan fingerprint density at radius 2 is 2.00 bits per heavy atom. The Hall–Kier alpha value is -1.06. The van der Waals surface area contributed by atoms with Gasteiger partial charge in [0.05, 0.1) is 0 Å². The number of rotatable bonds is 4. The lowest BCUT2D eigenvalue weighted by atomic mass is 9.83. The Balaban J connectivity index is 2.23. The van der Waals surface area contributed by atoms with Gasteiger partial charge in [-0.1, -0.05) is 39.8 Å². The topological polar surface area (TPSA) is 44.5 Å². The van der Waals surface area contributed by atoms with E-state index in [1.165, 1.54) is 11.1 Å². The molecule has 3 unspecified atom stereocenters. The zero-order valence-corrected chi connectivity index (χ0v) is 13.3. The molecule has 2 rings (SSSR count). The molecule has 1 saturated carbocycles. The van der Waals surface area contributed by atoms with Crippen LogP contribution in [0.4, 0.5) is 0 Å². The second-order valence-electron chi connectivity index (χ2n) is 6.69. The maximum atomic E-state index is 6.18. The first kappa shape index (κ1) is 15.3. The molecule has 0 spiro atoms. The number of nitrogens with two attached hydrogens (primary N) is 1. The fourth-order valence-corrected chi connectivity index (χ4v) is 2.71. The third kappa shape index (κ3) is 2.99. The molecule has 112 valence electrons. The summed E-state index contributed by atoms with van der Waals surface area (Å²) in [5.41, 5.74) is 8.61. The van der Waals surface area contributed by atoms with Gasteiger partial charge in [0.25, 0.3) is 0 Å². The van der Waals surface area contributed by atoms with Crippen molar-refractivity contribution < 1.29 is 9.47 Å². The van der Waals surface area contributed by atoms with Crippen LogP contribution in [-0.4, -0.2) is 25.4 Å². The molecule has 0 heterocycles. The van der Waals surface area contributed by atoms with Gasteiger partial charge < -0.3 is 15.2 Å². The van der Waals surface area contributed by atoms with E-state index >= 15 is 0 Å². The Kier molecular flexibility index (Phi) is 4.40. The molecule has 3 atom stereocenters. The van der Waals surface area contributed by atoms with Crippen LogP contribution >= 0.6 is 0 Å². The zero-order valence-electron chi connectivity index (χ0n) is 13.3. The van der Waals surface area contributed by atoms with Gasteiger partial charge in [0, 0.05) is 19.6 Å². The van der Waals surface area contributed by atoms with Crippen molar-refractivity contribution in [2.24, 2.45) is 5.73 Å². The van der Waals surface area contributed by atoms with Crippen LogP contribution < -0.4 is 10.5 Å². The van der Waals surface area contributed by atoms with Gasteiger partial charge in [-0.25, -0.2) is 0 Å². The maximum Gasteiger partial charge on any atom is 0.128 e. The van der Waals surface area contributed by atoms with E-state index in [4.69, 9.17) is 15.2 Å². The van der Waals surface area contributed by atoms with E-state index in [9.17, 15) is 0 Å². The minimum absolute atomic E-state index is 0.00803. The van der Waals surface area contributed by atoms with Gasteiger partial charge in [0.2, 0.25) is 0 Å². The highest BCUT2D eigenvalue weighted by atomic mass is 16.5. The lowest BCUT2D eigenvalue weighted by Gasteiger charge is -2.41. The van der Waals surface area contributed by atoms with E-state index in [2.05, 4.69) is 45.9 Å². The number of aryl methyl sites for hydroxylation is 1. The monoisotopic (exact) mass is 277 g/mol. The van der Waals surface area contributed by atoms with E-state index < -0.39 is 0 Å². The third-order valence-electron chi connectivity index (χ3n) is 4.10. The summed E-state index contributed by atoms with van der Waals surface area (Å²) in [5, 5.41) is 0. The fraction of sp³-hybridized carbons (Fsp3) is 0.647. The summed E-state index contributed by atoms with van der Waals surface area (Å²) in [4.78, 5) is 0. The van der Waals surface area contributed by atoms with Crippen molar-refractivity contribution in [2.45, 2.75) is 64.2 Å². The average Bonchev–Trinajstić information content (AvgIpc) is 2.37. The molecule has 20 heavy (non-hydrogen) atoms. The number of ether oxygens (including phenoxy) is 2. The van der Waals surface area contributed by atoms with E-state index in [1.807, 2.05) is 0 Å². The van der Waals surface area contributed by atoms with Crippen molar-refractivity contribution in [1.29, 1.82) is 0 Å². The average molecular weight is 277 g/mol. The fourth-order valence-electron chi connectivity index (χ4n) is 2.71. The van der Waals surface area contributed by atoms with Crippen LogP contribution in [0.3, 0.4) is 0 Å². The molecule has 0 amide bonds. The molecule has 0 saturated heterocycles. The Morgan fingerprint density at radius 3 is 2.50 bits per heavy atom. The lowest BCUT2D eigenvalue weighted by molar-refractivity contribution is -0.0787. The van der Waals surface area contributed by atoms with Gasteiger partial charge in [-0.05, 0) is 29.0 Å². The normalized spacial score (nSPS) is 26.2. The lowest BCUT2D eigenvalue weighted by Crippen LogP contribution is -2.59. The van der Waals surface area contributed by atoms with E-state index in [1.54, 1.807) is 7.11 Å². The van der Waals surface area contributed by atoms with Crippen molar-refractivity contribution in [3.8, 4) is 5.75 Å². The third-order valence-corrected chi connectivity index (χ3v) is 4.10. The molecular formula is C17H27NO2. The van der Waals surface area contributed by atoms with Crippen molar-refractivity contribution in [1.82, 2.24) is 0 Å². The molecule has 1 aromatic rings.